The topological polar surface area (TPSA) is 56.2 Å². The summed E-state index contributed by atoms with van der Waals surface area (Å²) in [4.78, 5) is 12.6. The van der Waals surface area contributed by atoms with E-state index in [1.165, 1.54) is 5.56 Å². The molecule has 0 radical (unpaired) electrons. The summed E-state index contributed by atoms with van der Waals surface area (Å²) in [7, 11) is 1.66. The molecule has 0 spiro atoms. The van der Waals surface area contributed by atoms with Gasteiger partial charge < -0.3 is 10.1 Å². The van der Waals surface area contributed by atoms with Gasteiger partial charge in [0.1, 0.15) is 5.75 Å². The van der Waals surface area contributed by atoms with Gasteiger partial charge in [0.15, 0.2) is 0 Å². The Morgan fingerprint density at radius 1 is 1.03 bits per heavy atom. The minimum absolute atomic E-state index is 0.0957. The summed E-state index contributed by atoms with van der Waals surface area (Å²) in [5.41, 5.74) is 4.92. The number of aromatic nitrogens is 2. The van der Waals surface area contributed by atoms with Crippen molar-refractivity contribution in [3.63, 3.8) is 0 Å². The van der Waals surface area contributed by atoms with Crippen molar-refractivity contribution >= 4 is 16.8 Å². The molecule has 1 aromatic heterocycles. The number of aryl methyl sites for hydroxylation is 1. The van der Waals surface area contributed by atoms with Crippen LogP contribution in [0.1, 0.15) is 27.0 Å². The summed E-state index contributed by atoms with van der Waals surface area (Å²) in [6, 6.07) is 21.7. The fourth-order valence-electron chi connectivity index (χ4n) is 3.27. The smallest absolute Gasteiger partial charge is 0.251 e. The average molecular weight is 385 g/mol. The summed E-state index contributed by atoms with van der Waals surface area (Å²) in [5, 5.41) is 8.49. The summed E-state index contributed by atoms with van der Waals surface area (Å²) >= 11 is 0. The maximum absolute atomic E-state index is 12.6. The van der Waals surface area contributed by atoms with Crippen molar-refractivity contribution in [2.24, 2.45) is 0 Å². The van der Waals surface area contributed by atoms with E-state index in [2.05, 4.69) is 10.4 Å². The first-order chi connectivity index (χ1) is 14.1. The van der Waals surface area contributed by atoms with E-state index in [1.54, 1.807) is 7.11 Å². The van der Waals surface area contributed by atoms with Gasteiger partial charge in [-0.2, -0.15) is 5.10 Å². The Morgan fingerprint density at radius 2 is 1.86 bits per heavy atom. The molecular formula is C24H23N3O2. The third kappa shape index (κ3) is 4.29. The molecule has 0 atom stereocenters. The van der Waals surface area contributed by atoms with E-state index in [0.717, 1.165) is 27.8 Å². The van der Waals surface area contributed by atoms with Crippen LogP contribution in [0.5, 0.6) is 5.75 Å². The van der Waals surface area contributed by atoms with Crippen molar-refractivity contribution in [2.75, 3.05) is 7.11 Å². The molecule has 0 unspecified atom stereocenters. The SMILES string of the molecule is COc1cccc(Cn2ncc3ccc(C(=O)NCc4ccc(C)cc4)cc32)c1. The van der Waals surface area contributed by atoms with Crippen molar-refractivity contribution < 1.29 is 9.53 Å². The molecule has 1 N–H and O–H groups in total. The van der Waals surface area contributed by atoms with E-state index in [0.29, 0.717) is 18.7 Å². The highest BCUT2D eigenvalue weighted by atomic mass is 16.5. The number of rotatable bonds is 6. The summed E-state index contributed by atoms with van der Waals surface area (Å²) < 4.78 is 7.20. The second kappa shape index (κ2) is 8.19. The van der Waals surface area contributed by atoms with Crippen molar-refractivity contribution in [1.82, 2.24) is 15.1 Å². The molecule has 5 nitrogen and oxygen atoms in total. The number of nitrogens with zero attached hydrogens (tertiary/aromatic N) is 2. The van der Waals surface area contributed by atoms with Crippen molar-refractivity contribution in [3.8, 4) is 5.75 Å². The number of ether oxygens (including phenoxy) is 1. The van der Waals surface area contributed by atoms with Crippen LogP contribution in [0.15, 0.2) is 72.9 Å². The van der Waals surface area contributed by atoms with Gasteiger partial charge in [-0.25, -0.2) is 0 Å². The van der Waals surface area contributed by atoms with E-state index in [4.69, 9.17) is 4.74 Å². The normalized spacial score (nSPS) is 10.8. The predicted octanol–water partition coefficient (Wildman–Crippen LogP) is 4.33. The van der Waals surface area contributed by atoms with Gasteiger partial charge in [-0.3, -0.25) is 9.48 Å². The molecule has 0 saturated heterocycles. The molecular weight excluding hydrogens is 362 g/mol. The van der Waals surface area contributed by atoms with Crippen LogP contribution in [-0.2, 0) is 13.1 Å². The van der Waals surface area contributed by atoms with Crippen LogP contribution in [0.4, 0.5) is 0 Å². The minimum Gasteiger partial charge on any atom is -0.497 e. The second-order valence-electron chi connectivity index (χ2n) is 7.10. The summed E-state index contributed by atoms with van der Waals surface area (Å²) in [6.45, 7) is 3.15. The van der Waals surface area contributed by atoms with Crippen LogP contribution in [0.3, 0.4) is 0 Å². The molecule has 0 aliphatic rings. The molecule has 3 aromatic carbocycles. The minimum atomic E-state index is -0.0957. The first-order valence-corrected chi connectivity index (χ1v) is 9.54. The monoisotopic (exact) mass is 385 g/mol. The Balaban J connectivity index is 1.52. The highest BCUT2D eigenvalue weighted by Crippen LogP contribution is 2.19. The maximum atomic E-state index is 12.6. The van der Waals surface area contributed by atoms with Crippen LogP contribution >= 0.6 is 0 Å². The Morgan fingerprint density at radius 3 is 2.66 bits per heavy atom. The van der Waals surface area contributed by atoms with Gasteiger partial charge >= 0.3 is 0 Å². The Hall–Kier alpha value is -3.60. The molecule has 29 heavy (non-hydrogen) atoms. The first kappa shape index (κ1) is 18.7. The van der Waals surface area contributed by atoms with E-state index >= 15 is 0 Å². The average Bonchev–Trinajstić information content (AvgIpc) is 3.15. The first-order valence-electron chi connectivity index (χ1n) is 9.54. The number of fused-ring (bicyclic) bond motifs is 1. The van der Waals surface area contributed by atoms with Crippen molar-refractivity contribution in [1.29, 1.82) is 0 Å². The van der Waals surface area contributed by atoms with Gasteiger partial charge in [-0.15, -0.1) is 0 Å². The number of nitrogens with one attached hydrogen (secondary N) is 1. The molecule has 1 heterocycles. The molecule has 0 aliphatic heterocycles. The Bertz CT molecular complexity index is 1150. The van der Waals surface area contributed by atoms with E-state index < -0.39 is 0 Å². The van der Waals surface area contributed by atoms with Crippen molar-refractivity contribution in [3.05, 3.63) is 95.2 Å². The molecule has 4 rings (SSSR count). The number of benzene rings is 3. The van der Waals surface area contributed by atoms with Gasteiger partial charge in [0.2, 0.25) is 0 Å². The van der Waals surface area contributed by atoms with Crippen LogP contribution in [0.25, 0.3) is 10.9 Å². The number of methoxy groups -OCH3 is 1. The van der Waals surface area contributed by atoms with Gasteiger partial charge in [0.25, 0.3) is 5.91 Å². The number of hydrogen-bond donors (Lipinski definition) is 1. The van der Waals surface area contributed by atoms with Crippen LogP contribution < -0.4 is 10.1 Å². The molecule has 5 heteroatoms. The Kier molecular flexibility index (Phi) is 5.29. The molecule has 146 valence electrons. The fraction of sp³-hybridized carbons (Fsp3) is 0.167. The summed E-state index contributed by atoms with van der Waals surface area (Å²) in [5.74, 6) is 0.719. The third-order valence-electron chi connectivity index (χ3n) is 4.95. The van der Waals surface area contributed by atoms with Gasteiger partial charge in [-0.05, 0) is 42.3 Å². The zero-order chi connectivity index (χ0) is 20.2. The number of hydrogen-bond acceptors (Lipinski definition) is 3. The maximum Gasteiger partial charge on any atom is 0.251 e. The van der Waals surface area contributed by atoms with E-state index in [1.807, 2.05) is 84.5 Å². The van der Waals surface area contributed by atoms with Gasteiger partial charge in [0.05, 0.1) is 25.4 Å². The number of amides is 1. The van der Waals surface area contributed by atoms with Crippen LogP contribution in [0.2, 0.25) is 0 Å². The van der Waals surface area contributed by atoms with Gasteiger partial charge in [0, 0.05) is 17.5 Å². The second-order valence-corrected chi connectivity index (χ2v) is 7.10. The lowest BCUT2D eigenvalue weighted by Gasteiger charge is -2.08. The Labute approximate surface area is 169 Å². The quantitative estimate of drug-likeness (QED) is 0.537. The molecule has 0 aliphatic carbocycles. The molecule has 0 saturated carbocycles. The highest BCUT2D eigenvalue weighted by Gasteiger charge is 2.10. The third-order valence-corrected chi connectivity index (χ3v) is 4.95. The number of carbonyl (C=O) groups excluding carboxylic acids is 1. The van der Waals surface area contributed by atoms with Crippen LogP contribution in [0, 0.1) is 6.92 Å². The van der Waals surface area contributed by atoms with E-state index in [9.17, 15) is 4.79 Å². The molecule has 1 amide bonds. The lowest BCUT2D eigenvalue weighted by Crippen LogP contribution is -2.22. The molecule has 4 aromatic rings. The lowest BCUT2D eigenvalue weighted by molar-refractivity contribution is 0.0951. The standard InChI is InChI=1S/C24H23N3O2/c1-17-6-8-18(9-7-17)14-25-24(28)20-10-11-21-15-26-27(23(21)13-20)16-19-4-3-5-22(12-19)29-2/h3-13,15H,14,16H2,1-2H3,(H,25,28). The lowest BCUT2D eigenvalue weighted by atomic mass is 10.1. The van der Waals surface area contributed by atoms with E-state index in [-0.39, 0.29) is 5.91 Å². The molecule has 0 fully saturated rings. The predicted molar refractivity (Wildman–Crippen MR) is 114 cm³/mol. The number of carbonyl (C=O) groups is 1. The van der Waals surface area contributed by atoms with Gasteiger partial charge in [-0.1, -0.05) is 48.0 Å². The van der Waals surface area contributed by atoms with Crippen molar-refractivity contribution in [2.45, 2.75) is 20.0 Å². The summed E-state index contributed by atoms with van der Waals surface area (Å²) in [6.07, 6.45) is 1.82. The zero-order valence-electron chi connectivity index (χ0n) is 16.6. The fourth-order valence-corrected chi connectivity index (χ4v) is 3.27. The van der Waals surface area contributed by atoms with Crippen LogP contribution in [-0.4, -0.2) is 22.8 Å². The zero-order valence-corrected chi connectivity index (χ0v) is 16.6. The highest BCUT2D eigenvalue weighted by molar-refractivity contribution is 5.97. The largest absolute Gasteiger partial charge is 0.497 e. The molecule has 0 bridgehead atoms.